The van der Waals surface area contributed by atoms with Crippen LogP contribution < -0.4 is 11.5 Å². The minimum Gasteiger partial charge on any atom is -0.382 e. The molecular formula is C12H13ClN8. The van der Waals surface area contributed by atoms with Gasteiger partial charge in [-0.05, 0) is 24.3 Å². The maximum absolute atomic E-state index is 5.42. The lowest BCUT2D eigenvalue weighted by atomic mass is 10.2. The molecule has 0 aliphatic carbocycles. The molecule has 9 heteroatoms. The van der Waals surface area contributed by atoms with E-state index in [2.05, 4.69) is 25.5 Å². The first-order valence-corrected chi connectivity index (χ1v) is 6.25. The third-order valence-electron chi connectivity index (χ3n) is 2.34. The zero-order chi connectivity index (χ0) is 15.2. The number of hydrogen-bond acceptors (Lipinski definition) is 7. The van der Waals surface area contributed by atoms with E-state index in [9.17, 15) is 0 Å². The van der Waals surface area contributed by atoms with Crippen LogP contribution in [0.15, 0.2) is 36.7 Å². The van der Waals surface area contributed by atoms with Crippen molar-refractivity contribution in [3.8, 4) is 11.3 Å². The summed E-state index contributed by atoms with van der Waals surface area (Å²) in [6, 6.07) is 6.72. The molecular weight excluding hydrogens is 292 g/mol. The van der Waals surface area contributed by atoms with Crippen LogP contribution in [0.3, 0.4) is 0 Å². The minimum absolute atomic E-state index is 0.360. The van der Waals surface area contributed by atoms with Gasteiger partial charge in [0.15, 0.2) is 5.15 Å². The zero-order valence-corrected chi connectivity index (χ0v) is 11.9. The molecule has 4 N–H and O–H groups in total. The van der Waals surface area contributed by atoms with Crippen LogP contribution in [-0.4, -0.2) is 30.2 Å². The largest absolute Gasteiger partial charge is 0.382 e. The monoisotopic (exact) mass is 304 g/mol. The van der Waals surface area contributed by atoms with Crippen LogP contribution in [0.4, 0.5) is 11.6 Å². The van der Waals surface area contributed by atoms with Crippen molar-refractivity contribution >= 4 is 23.2 Å². The normalized spacial score (nSPS) is 9.81. The Balaban J connectivity index is 0.000000173. The molecule has 0 atom stereocenters. The Morgan fingerprint density at radius 2 is 1.62 bits per heavy atom. The first-order chi connectivity index (χ1) is 10.0. The summed E-state index contributed by atoms with van der Waals surface area (Å²) in [7, 11) is 1.86. The Bertz CT molecular complexity index is 671. The highest BCUT2D eigenvalue weighted by molar-refractivity contribution is 6.29. The lowest BCUT2D eigenvalue weighted by molar-refractivity contribution is 0.768. The second kappa shape index (κ2) is 6.62. The Kier molecular flexibility index (Phi) is 4.62. The van der Waals surface area contributed by atoms with E-state index < -0.39 is 0 Å². The van der Waals surface area contributed by atoms with E-state index >= 15 is 0 Å². The molecule has 3 aromatic rings. The average molecular weight is 305 g/mol. The molecule has 0 aliphatic heterocycles. The summed E-state index contributed by atoms with van der Waals surface area (Å²) in [5, 5.41) is 19.0. The maximum Gasteiger partial charge on any atom is 0.151 e. The number of aryl methyl sites for hydroxylation is 1. The first kappa shape index (κ1) is 14.7. The lowest BCUT2D eigenvalue weighted by Gasteiger charge is -1.94. The molecule has 0 spiro atoms. The summed E-state index contributed by atoms with van der Waals surface area (Å²) in [4.78, 5) is 0. The van der Waals surface area contributed by atoms with Crippen LogP contribution in [0.2, 0.25) is 5.15 Å². The Labute approximate surface area is 125 Å². The van der Waals surface area contributed by atoms with E-state index in [1.807, 2.05) is 19.3 Å². The maximum atomic E-state index is 5.42. The molecule has 0 bridgehead atoms. The predicted molar refractivity (Wildman–Crippen MR) is 80.1 cm³/mol. The molecule has 0 saturated carbocycles. The summed E-state index contributed by atoms with van der Waals surface area (Å²) in [5.74, 6) is 0.807. The van der Waals surface area contributed by atoms with Crippen molar-refractivity contribution < 1.29 is 0 Å². The second-order valence-electron chi connectivity index (χ2n) is 4.03. The minimum atomic E-state index is 0.360. The van der Waals surface area contributed by atoms with E-state index in [1.54, 1.807) is 29.1 Å². The average Bonchev–Trinajstić information content (AvgIpc) is 2.90. The molecule has 0 radical (unpaired) electrons. The first-order valence-electron chi connectivity index (χ1n) is 5.87. The highest BCUT2D eigenvalue weighted by Crippen LogP contribution is 2.14. The number of halogens is 1. The SMILES string of the molecule is Cn1cc(-c2ccc(N)nn2)cn1.Nc1ccc(Cl)nn1. The molecule has 0 fully saturated rings. The quantitative estimate of drug-likeness (QED) is 0.692. The summed E-state index contributed by atoms with van der Waals surface area (Å²) in [6.45, 7) is 0. The van der Waals surface area contributed by atoms with Crippen LogP contribution >= 0.6 is 11.6 Å². The van der Waals surface area contributed by atoms with Crippen molar-refractivity contribution in [3.05, 3.63) is 41.8 Å². The fourth-order valence-corrected chi connectivity index (χ4v) is 1.48. The second-order valence-corrected chi connectivity index (χ2v) is 4.41. The van der Waals surface area contributed by atoms with Crippen molar-refractivity contribution in [2.75, 3.05) is 11.5 Å². The van der Waals surface area contributed by atoms with Crippen LogP contribution in [-0.2, 0) is 7.05 Å². The smallest absolute Gasteiger partial charge is 0.151 e. The van der Waals surface area contributed by atoms with Gasteiger partial charge in [-0.25, -0.2) is 0 Å². The zero-order valence-electron chi connectivity index (χ0n) is 11.2. The molecule has 0 aliphatic rings. The van der Waals surface area contributed by atoms with Gasteiger partial charge in [0, 0.05) is 18.8 Å². The number of aromatic nitrogens is 6. The van der Waals surface area contributed by atoms with Gasteiger partial charge in [-0.3, -0.25) is 4.68 Å². The van der Waals surface area contributed by atoms with E-state index in [-0.39, 0.29) is 0 Å². The van der Waals surface area contributed by atoms with Crippen LogP contribution in [0, 0.1) is 0 Å². The van der Waals surface area contributed by atoms with Gasteiger partial charge in [-0.2, -0.15) is 5.10 Å². The molecule has 0 aromatic carbocycles. The summed E-state index contributed by atoms with van der Waals surface area (Å²) < 4.78 is 1.72. The van der Waals surface area contributed by atoms with Crippen LogP contribution in [0.1, 0.15) is 0 Å². The Hall–Kier alpha value is -2.74. The van der Waals surface area contributed by atoms with Gasteiger partial charge in [0.1, 0.15) is 11.6 Å². The van der Waals surface area contributed by atoms with E-state index in [4.69, 9.17) is 23.1 Å². The van der Waals surface area contributed by atoms with Crippen molar-refractivity contribution in [2.45, 2.75) is 0 Å². The number of rotatable bonds is 1. The molecule has 0 saturated heterocycles. The van der Waals surface area contributed by atoms with Gasteiger partial charge >= 0.3 is 0 Å². The fourth-order valence-electron chi connectivity index (χ4n) is 1.38. The number of anilines is 2. The van der Waals surface area contributed by atoms with Gasteiger partial charge in [0.05, 0.1) is 11.9 Å². The Morgan fingerprint density at radius 3 is 2.05 bits per heavy atom. The summed E-state index contributed by atoms with van der Waals surface area (Å²) in [5.41, 5.74) is 12.3. The lowest BCUT2D eigenvalue weighted by Crippen LogP contribution is -1.93. The number of nitrogens with two attached hydrogens (primary N) is 2. The van der Waals surface area contributed by atoms with E-state index in [1.165, 1.54) is 0 Å². The number of hydrogen-bond donors (Lipinski definition) is 2. The molecule has 8 nitrogen and oxygen atoms in total. The molecule has 0 amide bonds. The van der Waals surface area contributed by atoms with Gasteiger partial charge < -0.3 is 11.5 Å². The fraction of sp³-hybridized carbons (Fsp3) is 0.0833. The third kappa shape index (κ3) is 4.39. The van der Waals surface area contributed by atoms with E-state index in [0.29, 0.717) is 16.8 Å². The van der Waals surface area contributed by atoms with Crippen molar-refractivity contribution in [3.63, 3.8) is 0 Å². The molecule has 3 heterocycles. The molecule has 108 valence electrons. The predicted octanol–water partition coefficient (Wildman–Crippen LogP) is 1.17. The summed E-state index contributed by atoms with van der Waals surface area (Å²) >= 11 is 5.38. The van der Waals surface area contributed by atoms with Crippen molar-refractivity contribution in [1.82, 2.24) is 30.2 Å². The molecule has 3 rings (SSSR count). The molecule has 21 heavy (non-hydrogen) atoms. The summed E-state index contributed by atoms with van der Waals surface area (Å²) in [6.07, 6.45) is 3.61. The van der Waals surface area contributed by atoms with Gasteiger partial charge in [-0.15, -0.1) is 20.4 Å². The van der Waals surface area contributed by atoms with Crippen molar-refractivity contribution in [1.29, 1.82) is 0 Å². The van der Waals surface area contributed by atoms with Crippen LogP contribution in [0.25, 0.3) is 11.3 Å². The van der Waals surface area contributed by atoms with Gasteiger partial charge in [-0.1, -0.05) is 11.6 Å². The molecule has 0 unspecified atom stereocenters. The third-order valence-corrected chi connectivity index (χ3v) is 2.54. The van der Waals surface area contributed by atoms with E-state index in [0.717, 1.165) is 11.3 Å². The standard InChI is InChI=1S/C8H9N5.C4H4ClN3/c1-13-5-6(4-10-13)7-2-3-8(9)12-11-7;5-3-1-2-4(6)8-7-3/h2-5H,1H3,(H2,9,12);1-2H,(H2,6,8). The molecule has 3 aromatic heterocycles. The van der Waals surface area contributed by atoms with Crippen molar-refractivity contribution in [2.24, 2.45) is 7.05 Å². The van der Waals surface area contributed by atoms with Crippen LogP contribution in [0.5, 0.6) is 0 Å². The highest BCUT2D eigenvalue weighted by Gasteiger charge is 2.01. The topological polar surface area (TPSA) is 121 Å². The Morgan fingerprint density at radius 1 is 0.952 bits per heavy atom. The number of nitrogens with zero attached hydrogens (tertiary/aromatic N) is 6. The highest BCUT2D eigenvalue weighted by atomic mass is 35.5. The van der Waals surface area contributed by atoms with Gasteiger partial charge in [0.2, 0.25) is 0 Å². The number of nitrogen functional groups attached to an aromatic ring is 2. The van der Waals surface area contributed by atoms with Gasteiger partial charge in [0.25, 0.3) is 0 Å².